The number of hydrogen-bond donors (Lipinski definition) is 1. The third kappa shape index (κ3) is 3.39. The number of nitrogens with one attached hydrogen (secondary N) is 1. The van der Waals surface area contributed by atoms with Gasteiger partial charge in [0.05, 0.1) is 0 Å². The van der Waals surface area contributed by atoms with Crippen molar-refractivity contribution >= 4 is 12.2 Å². The van der Waals surface area contributed by atoms with E-state index in [0.717, 1.165) is 18.1 Å². The van der Waals surface area contributed by atoms with Gasteiger partial charge < -0.3 is 9.72 Å². The number of aromatic amines is 1. The Kier molecular flexibility index (Phi) is 4.89. The highest BCUT2D eigenvalue weighted by molar-refractivity contribution is 7.71. The molecule has 1 atom stereocenters. The monoisotopic (exact) mass is 266 g/mol. The first-order chi connectivity index (χ1) is 8.70. The van der Waals surface area contributed by atoms with E-state index in [0.29, 0.717) is 10.6 Å². The molecule has 1 unspecified atom stereocenters. The molecule has 100 valence electrons. The summed E-state index contributed by atoms with van der Waals surface area (Å²) in [5.74, 6) is 1.49. The summed E-state index contributed by atoms with van der Waals surface area (Å²) < 4.78 is 6.59. The molecule has 1 aliphatic rings. The first-order valence-corrected chi connectivity index (χ1v) is 7.31. The number of H-pyrrole nitrogens is 1. The van der Waals surface area contributed by atoms with Crippen molar-refractivity contribution in [1.82, 2.24) is 9.97 Å². The van der Waals surface area contributed by atoms with Crippen LogP contribution in [0.25, 0.3) is 0 Å². The van der Waals surface area contributed by atoms with Crippen LogP contribution < -0.4 is 0 Å². The lowest BCUT2D eigenvalue weighted by atomic mass is 9.85. The lowest BCUT2D eigenvalue weighted by Gasteiger charge is -2.29. The fraction of sp³-hybridized carbons (Fsp3) is 0.714. The van der Waals surface area contributed by atoms with E-state index in [4.69, 9.17) is 17.0 Å². The molecule has 0 aromatic carbocycles. The Morgan fingerprint density at radius 2 is 2.17 bits per heavy atom. The molecular weight excluding hydrogens is 244 g/mol. The van der Waals surface area contributed by atoms with E-state index in [9.17, 15) is 0 Å². The lowest BCUT2D eigenvalue weighted by molar-refractivity contribution is -0.000354. The van der Waals surface area contributed by atoms with Crippen LogP contribution in [0.15, 0.2) is 6.07 Å². The Labute approximate surface area is 114 Å². The minimum Gasteiger partial charge on any atom is -0.370 e. The molecule has 0 bridgehead atoms. The van der Waals surface area contributed by atoms with Gasteiger partial charge >= 0.3 is 0 Å². The second kappa shape index (κ2) is 6.43. The van der Waals surface area contributed by atoms with Crippen molar-refractivity contribution in [2.75, 3.05) is 6.61 Å². The normalized spacial score (nSPS) is 18.8. The zero-order chi connectivity index (χ0) is 13.0. The smallest absolute Gasteiger partial charge is 0.137 e. The summed E-state index contributed by atoms with van der Waals surface area (Å²) in [4.78, 5) is 7.79. The second-order valence-corrected chi connectivity index (χ2v) is 5.48. The zero-order valence-electron chi connectivity index (χ0n) is 11.2. The molecule has 18 heavy (non-hydrogen) atoms. The SMILES string of the molecule is CCOC(c1nc(=S)cc(C)[nH]1)C1CCCCC1. The molecule has 1 saturated carbocycles. The maximum absolute atomic E-state index is 5.94. The van der Waals surface area contributed by atoms with E-state index < -0.39 is 0 Å². The maximum Gasteiger partial charge on any atom is 0.137 e. The third-order valence-electron chi connectivity index (χ3n) is 3.59. The predicted molar refractivity (Wildman–Crippen MR) is 75.1 cm³/mol. The number of aromatic nitrogens is 2. The summed E-state index contributed by atoms with van der Waals surface area (Å²) in [5.41, 5.74) is 1.06. The Morgan fingerprint density at radius 1 is 1.44 bits per heavy atom. The Bertz CT molecular complexity index is 438. The lowest BCUT2D eigenvalue weighted by Crippen LogP contribution is -2.21. The molecular formula is C14H22N2OS. The minimum atomic E-state index is 0.0805. The third-order valence-corrected chi connectivity index (χ3v) is 3.80. The summed E-state index contributed by atoms with van der Waals surface area (Å²) in [7, 11) is 0. The average Bonchev–Trinajstić information content (AvgIpc) is 2.36. The van der Waals surface area contributed by atoms with Gasteiger partial charge in [-0.2, -0.15) is 0 Å². The van der Waals surface area contributed by atoms with Crippen LogP contribution in [0.2, 0.25) is 0 Å². The average molecular weight is 266 g/mol. The molecule has 1 aromatic heterocycles. The highest BCUT2D eigenvalue weighted by atomic mass is 32.1. The van der Waals surface area contributed by atoms with Gasteiger partial charge in [0.1, 0.15) is 16.6 Å². The van der Waals surface area contributed by atoms with Gasteiger partial charge in [-0.25, -0.2) is 4.98 Å². The van der Waals surface area contributed by atoms with Gasteiger partial charge in [0.15, 0.2) is 0 Å². The largest absolute Gasteiger partial charge is 0.370 e. The fourth-order valence-electron chi connectivity index (χ4n) is 2.79. The maximum atomic E-state index is 5.94. The molecule has 2 rings (SSSR count). The van der Waals surface area contributed by atoms with Crippen molar-refractivity contribution < 1.29 is 4.74 Å². The summed E-state index contributed by atoms with van der Waals surface area (Å²) in [6.45, 7) is 4.78. The highest BCUT2D eigenvalue weighted by Gasteiger charge is 2.27. The number of rotatable bonds is 4. The molecule has 0 aliphatic heterocycles. The molecule has 0 radical (unpaired) electrons. The Balaban J connectivity index is 2.24. The molecule has 1 N–H and O–H groups in total. The van der Waals surface area contributed by atoms with Crippen molar-refractivity contribution in [3.05, 3.63) is 22.2 Å². The van der Waals surface area contributed by atoms with Crippen LogP contribution in [0.4, 0.5) is 0 Å². The van der Waals surface area contributed by atoms with Crippen molar-refractivity contribution in [1.29, 1.82) is 0 Å². The summed E-state index contributed by atoms with van der Waals surface area (Å²) in [6, 6.07) is 1.89. The molecule has 0 saturated heterocycles. The van der Waals surface area contributed by atoms with E-state index in [1.165, 1.54) is 32.1 Å². The minimum absolute atomic E-state index is 0.0805. The van der Waals surface area contributed by atoms with Gasteiger partial charge in [-0.05, 0) is 38.7 Å². The van der Waals surface area contributed by atoms with Crippen molar-refractivity contribution in [3.63, 3.8) is 0 Å². The first-order valence-electron chi connectivity index (χ1n) is 6.90. The van der Waals surface area contributed by atoms with Crippen LogP contribution in [0.5, 0.6) is 0 Å². The zero-order valence-corrected chi connectivity index (χ0v) is 12.1. The molecule has 1 fully saturated rings. The number of hydrogen-bond acceptors (Lipinski definition) is 3. The fourth-order valence-corrected chi connectivity index (χ4v) is 3.07. The molecule has 3 nitrogen and oxygen atoms in total. The van der Waals surface area contributed by atoms with Crippen LogP contribution >= 0.6 is 12.2 Å². The number of ether oxygens (including phenoxy) is 1. The van der Waals surface area contributed by atoms with E-state index in [2.05, 4.69) is 9.97 Å². The molecule has 0 spiro atoms. The van der Waals surface area contributed by atoms with Gasteiger partial charge in [0.2, 0.25) is 0 Å². The standard InChI is InChI=1S/C14H22N2OS/c1-3-17-13(11-7-5-4-6-8-11)14-15-10(2)9-12(18)16-14/h9,11,13H,3-8H2,1-2H3,(H,15,16,18). The summed E-state index contributed by atoms with van der Waals surface area (Å²) in [6.07, 6.45) is 6.52. The van der Waals surface area contributed by atoms with Crippen molar-refractivity contribution in [3.8, 4) is 0 Å². The van der Waals surface area contributed by atoms with Gasteiger partial charge in [-0.1, -0.05) is 31.5 Å². The summed E-state index contributed by atoms with van der Waals surface area (Å²) in [5, 5.41) is 0. The van der Waals surface area contributed by atoms with Crippen LogP contribution in [0.1, 0.15) is 56.7 Å². The van der Waals surface area contributed by atoms with Crippen LogP contribution in [-0.2, 0) is 4.74 Å². The van der Waals surface area contributed by atoms with Crippen LogP contribution in [0.3, 0.4) is 0 Å². The first kappa shape index (κ1) is 13.7. The van der Waals surface area contributed by atoms with Gasteiger partial charge in [-0.3, -0.25) is 0 Å². The Morgan fingerprint density at radius 3 is 2.78 bits per heavy atom. The molecule has 1 aliphatic carbocycles. The van der Waals surface area contributed by atoms with Gasteiger partial charge in [0.25, 0.3) is 0 Å². The van der Waals surface area contributed by atoms with Gasteiger partial charge in [-0.15, -0.1) is 0 Å². The van der Waals surface area contributed by atoms with Crippen LogP contribution in [-0.4, -0.2) is 16.6 Å². The number of nitrogens with zero attached hydrogens (tertiary/aromatic N) is 1. The molecule has 1 aromatic rings. The van der Waals surface area contributed by atoms with E-state index in [1.54, 1.807) is 0 Å². The molecule has 0 amide bonds. The van der Waals surface area contributed by atoms with Crippen LogP contribution in [0, 0.1) is 17.5 Å². The van der Waals surface area contributed by atoms with E-state index in [-0.39, 0.29) is 6.10 Å². The quantitative estimate of drug-likeness (QED) is 0.834. The van der Waals surface area contributed by atoms with Gasteiger partial charge in [0, 0.05) is 12.3 Å². The van der Waals surface area contributed by atoms with E-state index in [1.807, 2.05) is 19.9 Å². The molecule has 4 heteroatoms. The summed E-state index contributed by atoms with van der Waals surface area (Å²) >= 11 is 5.21. The molecule has 1 heterocycles. The predicted octanol–water partition coefficient (Wildman–Crippen LogP) is 4.11. The van der Waals surface area contributed by atoms with Crippen molar-refractivity contribution in [2.45, 2.75) is 52.1 Å². The van der Waals surface area contributed by atoms with E-state index >= 15 is 0 Å². The highest BCUT2D eigenvalue weighted by Crippen LogP contribution is 2.35. The second-order valence-electron chi connectivity index (χ2n) is 5.06. The number of aryl methyl sites for hydroxylation is 1. The Hall–Kier alpha value is -0.740. The van der Waals surface area contributed by atoms with Crippen molar-refractivity contribution in [2.24, 2.45) is 5.92 Å². The topological polar surface area (TPSA) is 37.9 Å².